The van der Waals surface area contributed by atoms with E-state index in [-0.39, 0.29) is 5.91 Å². The second kappa shape index (κ2) is 6.23. The first-order chi connectivity index (χ1) is 8.81. The van der Waals surface area contributed by atoms with E-state index in [1.165, 1.54) is 6.42 Å². The number of nitrogens with two attached hydrogens (primary N) is 1. The molecule has 0 spiro atoms. The summed E-state index contributed by atoms with van der Waals surface area (Å²) < 4.78 is 0. The molecule has 0 saturated carbocycles. The minimum Gasteiger partial charge on any atom is -0.339 e. The Balaban J connectivity index is 2.06. The van der Waals surface area contributed by atoms with Crippen LogP contribution in [0.25, 0.3) is 0 Å². The van der Waals surface area contributed by atoms with E-state index in [2.05, 4.69) is 11.8 Å². The predicted molar refractivity (Wildman–Crippen MR) is 72.1 cm³/mol. The Morgan fingerprint density at radius 1 is 1.17 bits per heavy atom. The van der Waals surface area contributed by atoms with E-state index in [1.54, 1.807) is 0 Å². The minimum atomic E-state index is 0.132. The summed E-state index contributed by atoms with van der Waals surface area (Å²) in [6, 6.07) is 7.44. The first kappa shape index (κ1) is 12.7. The van der Waals surface area contributed by atoms with Crippen LogP contribution in [0.2, 0.25) is 0 Å². The van der Waals surface area contributed by atoms with E-state index in [1.807, 2.05) is 29.2 Å². The van der Waals surface area contributed by atoms with Crippen molar-refractivity contribution in [3.05, 3.63) is 35.4 Å². The number of piperidine rings is 1. The molecule has 3 heteroatoms. The zero-order valence-corrected chi connectivity index (χ0v) is 10.5. The van der Waals surface area contributed by atoms with Crippen LogP contribution in [-0.2, 0) is 0 Å². The van der Waals surface area contributed by atoms with Crippen LogP contribution >= 0.6 is 0 Å². The Labute approximate surface area is 108 Å². The number of likely N-dealkylation sites (tertiary alicyclic amines) is 1. The van der Waals surface area contributed by atoms with Crippen molar-refractivity contribution >= 4 is 5.91 Å². The zero-order valence-electron chi connectivity index (χ0n) is 10.5. The molecule has 0 atom stereocenters. The molecule has 1 aliphatic rings. The third kappa shape index (κ3) is 3.12. The molecule has 3 nitrogen and oxygen atoms in total. The van der Waals surface area contributed by atoms with Gasteiger partial charge in [-0.3, -0.25) is 4.79 Å². The summed E-state index contributed by atoms with van der Waals surface area (Å²) in [5.74, 6) is 5.88. The van der Waals surface area contributed by atoms with Crippen molar-refractivity contribution < 1.29 is 4.79 Å². The molecule has 1 aromatic carbocycles. The summed E-state index contributed by atoms with van der Waals surface area (Å²) in [7, 11) is 0. The number of hydrogen-bond donors (Lipinski definition) is 1. The fraction of sp³-hybridized carbons (Fsp3) is 0.400. The molecule has 0 aliphatic carbocycles. The van der Waals surface area contributed by atoms with E-state index in [4.69, 9.17) is 5.73 Å². The van der Waals surface area contributed by atoms with E-state index < -0.39 is 0 Å². The summed E-state index contributed by atoms with van der Waals surface area (Å²) in [5, 5.41) is 0. The van der Waals surface area contributed by atoms with Crippen molar-refractivity contribution in [2.75, 3.05) is 19.6 Å². The summed E-state index contributed by atoms with van der Waals surface area (Å²) in [6.07, 6.45) is 3.47. The predicted octanol–water partition coefficient (Wildman–Crippen LogP) is 1.62. The number of nitrogens with zero attached hydrogens (tertiary/aromatic N) is 1. The second-order valence-corrected chi connectivity index (χ2v) is 4.44. The van der Waals surface area contributed by atoms with Crippen LogP contribution in [0.5, 0.6) is 0 Å². The number of benzene rings is 1. The normalized spacial score (nSPS) is 14.8. The Kier molecular flexibility index (Phi) is 4.38. The van der Waals surface area contributed by atoms with E-state index >= 15 is 0 Å². The topological polar surface area (TPSA) is 46.3 Å². The highest BCUT2D eigenvalue weighted by Crippen LogP contribution is 2.13. The maximum absolute atomic E-state index is 12.2. The van der Waals surface area contributed by atoms with Gasteiger partial charge in [-0.25, -0.2) is 0 Å². The zero-order chi connectivity index (χ0) is 12.8. The smallest absolute Gasteiger partial charge is 0.253 e. The Hall–Kier alpha value is -1.79. The molecule has 0 unspecified atom stereocenters. The van der Waals surface area contributed by atoms with Gasteiger partial charge in [0.05, 0.1) is 6.54 Å². The number of carbonyl (C=O) groups excluding carboxylic acids is 1. The molecule has 0 bridgehead atoms. The number of carbonyl (C=O) groups is 1. The molecular formula is C15H18N2O. The number of amides is 1. The third-order valence-electron chi connectivity index (χ3n) is 3.11. The lowest BCUT2D eigenvalue weighted by atomic mass is 10.1. The average molecular weight is 242 g/mol. The van der Waals surface area contributed by atoms with Crippen LogP contribution in [-0.4, -0.2) is 30.4 Å². The third-order valence-corrected chi connectivity index (χ3v) is 3.11. The van der Waals surface area contributed by atoms with Gasteiger partial charge in [0, 0.05) is 24.2 Å². The fourth-order valence-corrected chi connectivity index (χ4v) is 2.13. The van der Waals surface area contributed by atoms with Gasteiger partial charge in [0.2, 0.25) is 0 Å². The molecule has 2 rings (SSSR count). The lowest BCUT2D eigenvalue weighted by Gasteiger charge is -2.26. The highest BCUT2D eigenvalue weighted by Gasteiger charge is 2.17. The summed E-state index contributed by atoms with van der Waals surface area (Å²) >= 11 is 0. The fourth-order valence-electron chi connectivity index (χ4n) is 2.13. The molecule has 2 N–H and O–H groups in total. The van der Waals surface area contributed by atoms with E-state index in [0.29, 0.717) is 6.54 Å². The monoisotopic (exact) mass is 242 g/mol. The molecule has 1 heterocycles. The average Bonchev–Trinajstić information content (AvgIpc) is 2.46. The van der Waals surface area contributed by atoms with Crippen LogP contribution in [0.3, 0.4) is 0 Å². The van der Waals surface area contributed by atoms with Crippen LogP contribution in [0.1, 0.15) is 35.2 Å². The largest absolute Gasteiger partial charge is 0.339 e. The van der Waals surface area contributed by atoms with Crippen molar-refractivity contribution in [3.8, 4) is 11.8 Å². The lowest BCUT2D eigenvalue weighted by Crippen LogP contribution is -2.35. The molecule has 1 aliphatic heterocycles. The summed E-state index contributed by atoms with van der Waals surface area (Å²) in [5.41, 5.74) is 6.96. The van der Waals surface area contributed by atoms with Gasteiger partial charge in [0.25, 0.3) is 5.91 Å². The van der Waals surface area contributed by atoms with Gasteiger partial charge in [-0.05, 0) is 43.5 Å². The highest BCUT2D eigenvalue weighted by molar-refractivity contribution is 5.94. The Morgan fingerprint density at radius 3 is 2.44 bits per heavy atom. The lowest BCUT2D eigenvalue weighted by molar-refractivity contribution is 0.0724. The first-order valence-electron chi connectivity index (χ1n) is 6.39. The number of rotatable bonds is 1. The van der Waals surface area contributed by atoms with Gasteiger partial charge < -0.3 is 10.6 Å². The number of hydrogen-bond acceptors (Lipinski definition) is 2. The van der Waals surface area contributed by atoms with Gasteiger partial charge in [0.1, 0.15) is 0 Å². The highest BCUT2D eigenvalue weighted by atomic mass is 16.2. The molecule has 0 radical (unpaired) electrons. The van der Waals surface area contributed by atoms with Gasteiger partial charge in [-0.2, -0.15) is 0 Å². The van der Waals surface area contributed by atoms with Crippen LogP contribution in [0.15, 0.2) is 24.3 Å². The van der Waals surface area contributed by atoms with Gasteiger partial charge in [0.15, 0.2) is 0 Å². The molecule has 1 saturated heterocycles. The minimum absolute atomic E-state index is 0.132. The van der Waals surface area contributed by atoms with Gasteiger partial charge in [-0.15, -0.1) is 0 Å². The molecule has 1 amide bonds. The van der Waals surface area contributed by atoms with Crippen molar-refractivity contribution in [2.24, 2.45) is 5.73 Å². The van der Waals surface area contributed by atoms with Crippen molar-refractivity contribution in [1.29, 1.82) is 0 Å². The molecule has 1 aromatic rings. The maximum Gasteiger partial charge on any atom is 0.253 e. The molecule has 1 fully saturated rings. The first-order valence-corrected chi connectivity index (χ1v) is 6.39. The molecular weight excluding hydrogens is 224 g/mol. The standard InChI is InChI=1S/C15H18N2O/c16-10-4-5-13-6-8-14(9-7-13)15(18)17-11-2-1-3-12-17/h6-9H,1-3,10-12,16H2. The molecule has 0 aromatic heterocycles. The van der Waals surface area contributed by atoms with Gasteiger partial charge in [-0.1, -0.05) is 11.8 Å². The molecule has 94 valence electrons. The van der Waals surface area contributed by atoms with Gasteiger partial charge >= 0.3 is 0 Å². The van der Waals surface area contributed by atoms with Crippen molar-refractivity contribution in [2.45, 2.75) is 19.3 Å². The maximum atomic E-state index is 12.2. The molecule has 18 heavy (non-hydrogen) atoms. The van der Waals surface area contributed by atoms with Crippen LogP contribution in [0, 0.1) is 11.8 Å². The van der Waals surface area contributed by atoms with Crippen molar-refractivity contribution in [3.63, 3.8) is 0 Å². The van der Waals surface area contributed by atoms with Crippen LogP contribution in [0.4, 0.5) is 0 Å². The van der Waals surface area contributed by atoms with E-state index in [0.717, 1.165) is 37.1 Å². The summed E-state index contributed by atoms with van der Waals surface area (Å²) in [6.45, 7) is 2.12. The summed E-state index contributed by atoms with van der Waals surface area (Å²) in [4.78, 5) is 14.1. The van der Waals surface area contributed by atoms with Crippen LogP contribution < -0.4 is 5.73 Å². The SMILES string of the molecule is NCC#Cc1ccc(C(=O)N2CCCCC2)cc1. The van der Waals surface area contributed by atoms with Crippen molar-refractivity contribution in [1.82, 2.24) is 4.90 Å². The quantitative estimate of drug-likeness (QED) is 0.761. The Bertz CT molecular complexity index is 462. The second-order valence-electron chi connectivity index (χ2n) is 4.44. The van der Waals surface area contributed by atoms with E-state index in [9.17, 15) is 4.79 Å². The Morgan fingerprint density at radius 2 is 1.83 bits per heavy atom.